The monoisotopic (exact) mass is 380 g/mol. The molecule has 0 aliphatic carbocycles. The maximum atomic E-state index is 12.0. The third-order valence-corrected chi connectivity index (χ3v) is 6.04. The number of sulfone groups is 1. The lowest BCUT2D eigenvalue weighted by atomic mass is 10.0. The summed E-state index contributed by atoms with van der Waals surface area (Å²) in [5.74, 6) is 1.34. The van der Waals surface area contributed by atoms with Crippen LogP contribution < -0.4 is 5.32 Å². The SMILES string of the molecule is Cc1c([C@@H](C)Nc2nc3nccn3c3ccccc23)cccc1S(C)(=O)=O. The Morgan fingerprint density at radius 1 is 1.11 bits per heavy atom. The van der Waals surface area contributed by atoms with E-state index in [0.29, 0.717) is 10.7 Å². The van der Waals surface area contributed by atoms with Crippen LogP contribution in [-0.4, -0.2) is 29.0 Å². The zero-order chi connectivity index (χ0) is 19.2. The number of anilines is 1. The van der Waals surface area contributed by atoms with Crippen LogP contribution in [0.2, 0.25) is 0 Å². The molecule has 0 fully saturated rings. The van der Waals surface area contributed by atoms with Gasteiger partial charge in [-0.2, -0.15) is 4.98 Å². The van der Waals surface area contributed by atoms with Gasteiger partial charge in [-0.15, -0.1) is 0 Å². The van der Waals surface area contributed by atoms with Gasteiger partial charge in [-0.1, -0.05) is 24.3 Å². The lowest BCUT2D eigenvalue weighted by Crippen LogP contribution is -2.12. The Hall–Kier alpha value is -2.93. The van der Waals surface area contributed by atoms with Gasteiger partial charge in [0, 0.05) is 24.0 Å². The third kappa shape index (κ3) is 3.04. The van der Waals surface area contributed by atoms with Gasteiger partial charge in [-0.25, -0.2) is 13.4 Å². The van der Waals surface area contributed by atoms with Gasteiger partial charge in [0.25, 0.3) is 0 Å². The molecule has 1 N–H and O–H groups in total. The molecule has 2 heterocycles. The van der Waals surface area contributed by atoms with Gasteiger partial charge in [0.05, 0.1) is 16.5 Å². The fourth-order valence-corrected chi connectivity index (χ4v) is 4.51. The third-order valence-electron chi connectivity index (χ3n) is 4.80. The smallest absolute Gasteiger partial charge is 0.236 e. The maximum Gasteiger partial charge on any atom is 0.236 e. The van der Waals surface area contributed by atoms with Gasteiger partial charge in [0.2, 0.25) is 5.78 Å². The van der Waals surface area contributed by atoms with Gasteiger partial charge >= 0.3 is 0 Å². The van der Waals surface area contributed by atoms with E-state index in [1.54, 1.807) is 18.3 Å². The minimum atomic E-state index is -3.28. The van der Waals surface area contributed by atoms with Crippen molar-refractivity contribution in [3.63, 3.8) is 0 Å². The first-order valence-electron chi connectivity index (χ1n) is 8.64. The van der Waals surface area contributed by atoms with E-state index >= 15 is 0 Å². The van der Waals surface area contributed by atoms with Gasteiger partial charge in [-0.3, -0.25) is 4.40 Å². The summed E-state index contributed by atoms with van der Waals surface area (Å²) in [4.78, 5) is 9.31. The summed E-state index contributed by atoms with van der Waals surface area (Å²) in [5, 5.41) is 4.42. The number of nitrogens with one attached hydrogen (secondary N) is 1. The highest BCUT2D eigenvalue weighted by Gasteiger charge is 2.18. The Bertz CT molecular complexity index is 1260. The number of fused-ring (bicyclic) bond motifs is 3. The molecule has 0 bridgehead atoms. The molecule has 0 amide bonds. The fourth-order valence-electron chi connectivity index (χ4n) is 3.51. The Morgan fingerprint density at radius 2 is 1.89 bits per heavy atom. The van der Waals surface area contributed by atoms with Crippen molar-refractivity contribution < 1.29 is 8.42 Å². The quantitative estimate of drug-likeness (QED) is 0.583. The lowest BCUT2D eigenvalue weighted by Gasteiger charge is -2.20. The standard InChI is InChI=1S/C20H20N4O2S/c1-13-15(8-6-10-18(13)27(3,25)26)14(2)22-19-16-7-4-5-9-17(16)24-12-11-21-20(24)23-19/h4-12,14H,1-3H3,(H,21,22,23)/t14-/m1/s1. The first kappa shape index (κ1) is 17.5. The number of imidazole rings is 1. The molecule has 1 atom stereocenters. The summed E-state index contributed by atoms with van der Waals surface area (Å²) >= 11 is 0. The van der Waals surface area contributed by atoms with Gasteiger partial charge < -0.3 is 5.32 Å². The molecule has 0 radical (unpaired) electrons. The van der Waals surface area contributed by atoms with Crippen LogP contribution in [0.3, 0.4) is 0 Å². The molecular weight excluding hydrogens is 360 g/mol. The Labute approximate surface area is 157 Å². The summed E-state index contributed by atoms with van der Waals surface area (Å²) in [6.07, 6.45) is 4.85. The molecule has 0 spiro atoms. The average Bonchev–Trinajstić information content (AvgIpc) is 3.09. The molecule has 2 aromatic heterocycles. The molecule has 4 rings (SSSR count). The van der Waals surface area contributed by atoms with E-state index in [9.17, 15) is 8.42 Å². The van der Waals surface area contributed by atoms with Crippen LogP contribution >= 0.6 is 0 Å². The number of aromatic nitrogens is 3. The number of benzene rings is 2. The maximum absolute atomic E-state index is 12.0. The van der Waals surface area contributed by atoms with Crippen molar-refractivity contribution in [2.75, 3.05) is 11.6 Å². The highest BCUT2D eigenvalue weighted by Crippen LogP contribution is 2.29. The first-order valence-corrected chi connectivity index (χ1v) is 10.5. The average molecular weight is 380 g/mol. The Morgan fingerprint density at radius 3 is 2.67 bits per heavy atom. The van der Waals surface area contributed by atoms with Crippen molar-refractivity contribution >= 4 is 32.3 Å². The minimum absolute atomic E-state index is 0.125. The molecule has 0 aliphatic heterocycles. The Balaban J connectivity index is 1.81. The largest absolute Gasteiger partial charge is 0.363 e. The molecule has 0 saturated heterocycles. The summed E-state index contributed by atoms with van der Waals surface area (Å²) in [7, 11) is -3.28. The highest BCUT2D eigenvalue weighted by molar-refractivity contribution is 7.90. The van der Waals surface area contributed by atoms with E-state index in [1.165, 1.54) is 6.26 Å². The summed E-state index contributed by atoms with van der Waals surface area (Å²) in [6.45, 7) is 3.84. The van der Waals surface area contributed by atoms with Gasteiger partial charge in [0.1, 0.15) is 5.82 Å². The second-order valence-corrected chi connectivity index (χ2v) is 8.67. The molecule has 27 heavy (non-hydrogen) atoms. The van der Waals surface area contributed by atoms with Gasteiger partial charge in [0.15, 0.2) is 9.84 Å². The van der Waals surface area contributed by atoms with Crippen LogP contribution in [0.25, 0.3) is 16.7 Å². The fraction of sp³-hybridized carbons (Fsp3) is 0.200. The van der Waals surface area contributed by atoms with Crippen molar-refractivity contribution in [1.82, 2.24) is 14.4 Å². The topological polar surface area (TPSA) is 76.4 Å². The molecule has 6 nitrogen and oxygen atoms in total. The molecule has 0 saturated carbocycles. The van der Waals surface area contributed by atoms with Crippen LogP contribution in [0.1, 0.15) is 24.1 Å². The Kier molecular flexibility index (Phi) is 4.11. The van der Waals surface area contributed by atoms with Crippen molar-refractivity contribution in [2.45, 2.75) is 24.8 Å². The van der Waals surface area contributed by atoms with E-state index < -0.39 is 9.84 Å². The van der Waals surface area contributed by atoms with E-state index in [4.69, 9.17) is 0 Å². The van der Waals surface area contributed by atoms with E-state index in [2.05, 4.69) is 15.3 Å². The molecule has 0 unspecified atom stereocenters. The van der Waals surface area contributed by atoms with Crippen LogP contribution in [0, 0.1) is 6.92 Å². The van der Waals surface area contributed by atoms with Crippen molar-refractivity contribution in [3.8, 4) is 0 Å². The highest BCUT2D eigenvalue weighted by atomic mass is 32.2. The minimum Gasteiger partial charge on any atom is -0.363 e. The van der Waals surface area contributed by atoms with E-state index in [-0.39, 0.29) is 6.04 Å². The first-order chi connectivity index (χ1) is 12.9. The number of hydrogen-bond donors (Lipinski definition) is 1. The van der Waals surface area contributed by atoms with Crippen molar-refractivity contribution in [1.29, 1.82) is 0 Å². The summed E-state index contributed by atoms with van der Waals surface area (Å²) in [5.41, 5.74) is 2.69. The molecule has 2 aromatic carbocycles. The molecule has 4 aromatic rings. The van der Waals surface area contributed by atoms with Crippen molar-refractivity contribution in [3.05, 3.63) is 66.0 Å². The number of hydrogen-bond acceptors (Lipinski definition) is 5. The summed E-state index contributed by atoms with van der Waals surface area (Å²) < 4.78 is 26.0. The molecular formula is C20H20N4O2S. The van der Waals surface area contributed by atoms with Crippen LogP contribution in [0.5, 0.6) is 0 Å². The van der Waals surface area contributed by atoms with Crippen LogP contribution in [0.4, 0.5) is 5.82 Å². The number of rotatable bonds is 4. The zero-order valence-corrected chi connectivity index (χ0v) is 16.2. The second-order valence-electron chi connectivity index (χ2n) is 6.68. The predicted octanol–water partition coefficient (Wildman–Crippen LogP) is 3.77. The zero-order valence-electron chi connectivity index (χ0n) is 15.3. The van der Waals surface area contributed by atoms with E-state index in [0.717, 1.165) is 27.8 Å². The normalized spacial score (nSPS) is 13.1. The van der Waals surface area contributed by atoms with Crippen LogP contribution in [-0.2, 0) is 9.84 Å². The number of nitrogens with zero attached hydrogens (tertiary/aromatic N) is 3. The van der Waals surface area contributed by atoms with Crippen molar-refractivity contribution in [2.24, 2.45) is 0 Å². The number of para-hydroxylation sites is 1. The predicted molar refractivity (Wildman–Crippen MR) is 107 cm³/mol. The molecule has 0 aliphatic rings. The lowest BCUT2D eigenvalue weighted by molar-refractivity contribution is 0.601. The second kappa shape index (κ2) is 6.35. The summed E-state index contributed by atoms with van der Waals surface area (Å²) in [6, 6.07) is 13.2. The molecule has 138 valence electrons. The molecule has 7 heteroatoms. The van der Waals surface area contributed by atoms with Crippen LogP contribution in [0.15, 0.2) is 59.8 Å². The van der Waals surface area contributed by atoms with Gasteiger partial charge in [-0.05, 0) is 43.2 Å². The van der Waals surface area contributed by atoms with E-state index in [1.807, 2.05) is 54.8 Å².